The molecule has 0 N–H and O–H groups in total. The minimum Gasteiger partial charge on any atom is -0.495 e. The fraction of sp³-hybridized carbons (Fsp3) is 0.412. The Labute approximate surface area is 153 Å². The molecule has 1 saturated heterocycles. The van der Waals surface area contributed by atoms with Crippen molar-refractivity contribution in [3.8, 4) is 5.75 Å². The first-order valence-corrected chi connectivity index (χ1v) is 11.4. The Kier molecular flexibility index (Phi) is 5.14. The Morgan fingerprint density at radius 3 is 2.65 bits per heavy atom. The van der Waals surface area contributed by atoms with Crippen LogP contribution in [-0.2, 0) is 26.4 Å². The van der Waals surface area contributed by atoms with E-state index in [1.54, 1.807) is 31.2 Å². The molecular weight excluding hydrogens is 378 g/mol. The van der Waals surface area contributed by atoms with E-state index in [-0.39, 0.29) is 35.1 Å². The molecule has 0 aliphatic carbocycles. The Balaban J connectivity index is 2.07. The van der Waals surface area contributed by atoms with Gasteiger partial charge in [-0.1, -0.05) is 6.07 Å². The number of hydrogen-bond acceptors (Lipinski definition) is 6. The van der Waals surface area contributed by atoms with Gasteiger partial charge in [-0.2, -0.15) is 4.31 Å². The highest BCUT2D eigenvalue weighted by Gasteiger charge is 2.40. The van der Waals surface area contributed by atoms with Crippen molar-refractivity contribution in [2.75, 3.05) is 18.6 Å². The molecule has 0 spiro atoms. The number of ether oxygens (including phenoxy) is 1. The maximum atomic E-state index is 13.4. The van der Waals surface area contributed by atoms with Gasteiger partial charge in [-0.05, 0) is 43.2 Å². The minimum absolute atomic E-state index is 0.0210. The third kappa shape index (κ3) is 3.79. The Bertz CT molecular complexity index is 980. The van der Waals surface area contributed by atoms with Gasteiger partial charge in [-0.3, -0.25) is 0 Å². The lowest BCUT2D eigenvalue weighted by Crippen LogP contribution is -2.40. The van der Waals surface area contributed by atoms with Crippen molar-refractivity contribution < 1.29 is 26.0 Å². The number of furan rings is 1. The van der Waals surface area contributed by atoms with Gasteiger partial charge in [0.25, 0.3) is 0 Å². The first kappa shape index (κ1) is 18.9. The van der Waals surface area contributed by atoms with Crippen LogP contribution in [0.5, 0.6) is 5.75 Å². The molecule has 0 saturated carbocycles. The zero-order valence-electron chi connectivity index (χ0n) is 14.6. The summed E-state index contributed by atoms with van der Waals surface area (Å²) in [5.74, 6) is 0.457. The van der Waals surface area contributed by atoms with Crippen molar-refractivity contribution >= 4 is 19.9 Å². The molecule has 0 unspecified atom stereocenters. The second kappa shape index (κ2) is 7.05. The number of hydrogen-bond donors (Lipinski definition) is 0. The van der Waals surface area contributed by atoms with Crippen molar-refractivity contribution in [3.63, 3.8) is 0 Å². The van der Waals surface area contributed by atoms with Gasteiger partial charge in [-0.15, -0.1) is 0 Å². The van der Waals surface area contributed by atoms with Gasteiger partial charge in [0, 0.05) is 6.04 Å². The van der Waals surface area contributed by atoms with Crippen LogP contribution in [0.25, 0.3) is 0 Å². The van der Waals surface area contributed by atoms with Gasteiger partial charge in [0.05, 0.1) is 31.4 Å². The number of methoxy groups -OCH3 is 1. The van der Waals surface area contributed by atoms with Crippen LogP contribution in [0.2, 0.25) is 0 Å². The SMILES string of the molecule is COc1ccc(C)cc1S(=O)(=O)N(Cc1ccco1)[C@H]1CCS(=O)(=O)C1. The van der Waals surface area contributed by atoms with E-state index < -0.39 is 25.9 Å². The quantitative estimate of drug-likeness (QED) is 0.737. The van der Waals surface area contributed by atoms with E-state index in [1.807, 2.05) is 0 Å². The molecule has 0 bridgehead atoms. The number of aryl methyl sites for hydroxylation is 1. The summed E-state index contributed by atoms with van der Waals surface area (Å²) in [6, 6.07) is 7.58. The normalized spacial score (nSPS) is 19.7. The molecule has 1 aliphatic rings. The van der Waals surface area contributed by atoms with E-state index in [2.05, 4.69) is 0 Å². The lowest BCUT2D eigenvalue weighted by Gasteiger charge is -2.27. The number of rotatable bonds is 6. The highest BCUT2D eigenvalue weighted by Crippen LogP contribution is 2.32. The van der Waals surface area contributed by atoms with Gasteiger partial charge >= 0.3 is 0 Å². The highest BCUT2D eigenvalue weighted by atomic mass is 32.2. The second-order valence-electron chi connectivity index (χ2n) is 6.34. The number of sulfone groups is 1. The lowest BCUT2D eigenvalue weighted by atomic mass is 10.2. The zero-order valence-corrected chi connectivity index (χ0v) is 16.2. The summed E-state index contributed by atoms with van der Waals surface area (Å²) in [6.07, 6.45) is 1.72. The van der Waals surface area contributed by atoms with E-state index >= 15 is 0 Å². The summed E-state index contributed by atoms with van der Waals surface area (Å²) in [6.45, 7) is 1.75. The van der Waals surface area contributed by atoms with Crippen molar-refractivity contribution in [2.45, 2.75) is 30.8 Å². The van der Waals surface area contributed by atoms with Crippen LogP contribution in [0.15, 0.2) is 45.9 Å². The molecule has 0 radical (unpaired) electrons. The molecule has 0 amide bonds. The van der Waals surface area contributed by atoms with Gasteiger partial charge in [0.1, 0.15) is 16.4 Å². The molecule has 3 rings (SSSR count). The van der Waals surface area contributed by atoms with Crippen LogP contribution < -0.4 is 4.74 Å². The number of nitrogens with zero attached hydrogens (tertiary/aromatic N) is 1. The average molecular weight is 399 g/mol. The summed E-state index contributed by atoms with van der Waals surface area (Å²) >= 11 is 0. The van der Waals surface area contributed by atoms with Crippen molar-refractivity contribution in [1.29, 1.82) is 0 Å². The summed E-state index contributed by atoms with van der Waals surface area (Å²) in [7, 11) is -5.84. The second-order valence-corrected chi connectivity index (χ2v) is 10.4. The van der Waals surface area contributed by atoms with E-state index in [0.717, 1.165) is 5.56 Å². The summed E-state index contributed by atoms with van der Waals surface area (Å²) in [4.78, 5) is 0.0239. The smallest absolute Gasteiger partial charge is 0.247 e. The number of sulfonamides is 1. The van der Waals surface area contributed by atoms with E-state index in [9.17, 15) is 16.8 Å². The third-order valence-corrected chi connectivity index (χ3v) is 8.08. The molecule has 2 aromatic rings. The molecule has 1 aromatic carbocycles. The maximum absolute atomic E-state index is 13.4. The van der Waals surface area contributed by atoms with Crippen LogP contribution >= 0.6 is 0 Å². The lowest BCUT2D eigenvalue weighted by molar-refractivity contribution is 0.305. The molecule has 142 valence electrons. The van der Waals surface area contributed by atoms with Crippen LogP contribution in [0.1, 0.15) is 17.7 Å². The van der Waals surface area contributed by atoms with E-state index in [1.165, 1.54) is 23.7 Å². The predicted molar refractivity (Wildman–Crippen MR) is 96.2 cm³/mol. The third-order valence-electron chi connectivity index (χ3n) is 4.41. The summed E-state index contributed by atoms with van der Waals surface area (Å²) in [5.41, 5.74) is 0.765. The summed E-state index contributed by atoms with van der Waals surface area (Å²) in [5, 5.41) is 0. The fourth-order valence-corrected chi connectivity index (χ4v) is 6.77. The van der Waals surface area contributed by atoms with Crippen LogP contribution in [0, 0.1) is 6.92 Å². The molecule has 1 aliphatic heterocycles. The van der Waals surface area contributed by atoms with Crippen LogP contribution in [-0.4, -0.2) is 45.8 Å². The molecule has 26 heavy (non-hydrogen) atoms. The van der Waals surface area contributed by atoms with Crippen LogP contribution in [0.3, 0.4) is 0 Å². The monoisotopic (exact) mass is 399 g/mol. The van der Waals surface area contributed by atoms with Crippen LogP contribution in [0.4, 0.5) is 0 Å². The molecular formula is C17H21NO6S2. The molecule has 1 atom stereocenters. The van der Waals surface area contributed by atoms with E-state index in [0.29, 0.717) is 5.76 Å². The Morgan fingerprint density at radius 2 is 2.08 bits per heavy atom. The Morgan fingerprint density at radius 1 is 1.31 bits per heavy atom. The maximum Gasteiger partial charge on any atom is 0.247 e. The van der Waals surface area contributed by atoms with Crippen molar-refractivity contribution in [1.82, 2.24) is 4.31 Å². The van der Waals surface area contributed by atoms with Crippen molar-refractivity contribution in [2.24, 2.45) is 0 Å². The summed E-state index contributed by atoms with van der Waals surface area (Å²) < 4.78 is 62.4. The molecule has 1 fully saturated rings. The van der Waals surface area contributed by atoms with Gasteiger partial charge in [-0.25, -0.2) is 16.8 Å². The standard InChI is InChI=1S/C17H21NO6S2/c1-13-5-6-16(23-2)17(10-13)26(21,22)18(11-15-4-3-8-24-15)14-7-9-25(19,20)12-14/h3-6,8,10,14H,7,9,11-12H2,1-2H3/t14-/m0/s1. The van der Waals surface area contributed by atoms with Gasteiger partial charge in [0.15, 0.2) is 9.84 Å². The number of benzene rings is 1. The molecule has 2 heterocycles. The average Bonchev–Trinajstić information content (AvgIpc) is 3.21. The minimum atomic E-state index is -3.99. The van der Waals surface area contributed by atoms with Gasteiger partial charge < -0.3 is 9.15 Å². The molecule has 1 aromatic heterocycles. The fourth-order valence-electron chi connectivity index (χ4n) is 3.08. The molecule has 7 nitrogen and oxygen atoms in total. The van der Waals surface area contributed by atoms with Crippen molar-refractivity contribution in [3.05, 3.63) is 47.9 Å². The predicted octanol–water partition coefficient (Wildman–Crippen LogP) is 1.97. The van der Waals surface area contributed by atoms with E-state index in [4.69, 9.17) is 9.15 Å². The zero-order chi connectivity index (χ0) is 18.9. The highest BCUT2D eigenvalue weighted by molar-refractivity contribution is 7.92. The van der Waals surface area contributed by atoms with Gasteiger partial charge in [0.2, 0.25) is 10.0 Å². The molecule has 9 heteroatoms. The first-order valence-electron chi connectivity index (χ1n) is 8.12. The Hall–Kier alpha value is -1.84. The topological polar surface area (TPSA) is 93.9 Å². The first-order chi connectivity index (χ1) is 12.2. The largest absolute Gasteiger partial charge is 0.495 e.